The van der Waals surface area contributed by atoms with Gasteiger partial charge in [-0.3, -0.25) is 4.79 Å². The molecule has 3 aromatic rings. The van der Waals surface area contributed by atoms with Crippen LogP contribution in [0.1, 0.15) is 40.0 Å². The van der Waals surface area contributed by atoms with Gasteiger partial charge in [-0.2, -0.15) is 0 Å². The van der Waals surface area contributed by atoms with E-state index in [9.17, 15) is 4.79 Å². The molecule has 0 saturated heterocycles. The predicted octanol–water partition coefficient (Wildman–Crippen LogP) is 5.17. The molecule has 1 atom stereocenters. The summed E-state index contributed by atoms with van der Waals surface area (Å²) in [6.45, 7) is 5.72. The molecule has 4 heteroatoms. The molecule has 0 bridgehead atoms. The van der Waals surface area contributed by atoms with E-state index in [4.69, 9.17) is 9.47 Å². The minimum Gasteiger partial charge on any atom is -0.486 e. The molecule has 1 unspecified atom stereocenters. The third-order valence-corrected chi connectivity index (χ3v) is 5.40. The lowest BCUT2D eigenvalue weighted by Crippen LogP contribution is -2.33. The van der Waals surface area contributed by atoms with Gasteiger partial charge in [0.05, 0.1) is 6.04 Å². The predicted molar refractivity (Wildman–Crippen MR) is 113 cm³/mol. The third kappa shape index (κ3) is 4.11. The SMILES string of the molecule is Cc1ccccc1CN(C(=O)c1ccc2c(c1)OCCO2)C(C)c1ccccc1. The van der Waals surface area contributed by atoms with Gasteiger partial charge < -0.3 is 14.4 Å². The summed E-state index contributed by atoms with van der Waals surface area (Å²) in [6, 6.07) is 23.7. The minimum atomic E-state index is -0.0727. The van der Waals surface area contributed by atoms with Crippen LogP contribution in [0.2, 0.25) is 0 Å². The molecule has 3 aromatic carbocycles. The van der Waals surface area contributed by atoms with Gasteiger partial charge in [-0.25, -0.2) is 0 Å². The lowest BCUT2D eigenvalue weighted by Gasteiger charge is -2.31. The quantitative estimate of drug-likeness (QED) is 0.606. The summed E-state index contributed by atoms with van der Waals surface area (Å²) in [7, 11) is 0. The average molecular weight is 387 g/mol. The number of amides is 1. The highest BCUT2D eigenvalue weighted by Gasteiger charge is 2.25. The number of benzene rings is 3. The first-order valence-electron chi connectivity index (χ1n) is 9.93. The fourth-order valence-corrected chi connectivity index (χ4v) is 3.61. The number of hydrogen-bond acceptors (Lipinski definition) is 3. The van der Waals surface area contributed by atoms with E-state index < -0.39 is 0 Å². The van der Waals surface area contributed by atoms with Crippen molar-refractivity contribution in [1.82, 2.24) is 4.90 Å². The van der Waals surface area contributed by atoms with Gasteiger partial charge in [0.2, 0.25) is 0 Å². The van der Waals surface area contributed by atoms with Crippen LogP contribution in [-0.2, 0) is 6.54 Å². The Hall–Kier alpha value is -3.27. The zero-order chi connectivity index (χ0) is 20.2. The minimum absolute atomic E-state index is 0.0263. The van der Waals surface area contributed by atoms with Gasteiger partial charge in [0.15, 0.2) is 11.5 Å². The van der Waals surface area contributed by atoms with Crippen LogP contribution in [0.25, 0.3) is 0 Å². The van der Waals surface area contributed by atoms with E-state index in [2.05, 4.69) is 38.1 Å². The first-order chi connectivity index (χ1) is 14.1. The summed E-state index contributed by atoms with van der Waals surface area (Å²) >= 11 is 0. The molecule has 1 aliphatic heterocycles. The number of aryl methyl sites for hydroxylation is 1. The van der Waals surface area contributed by atoms with Crippen molar-refractivity contribution in [3.8, 4) is 11.5 Å². The van der Waals surface area contributed by atoms with Crippen molar-refractivity contribution in [3.63, 3.8) is 0 Å². The van der Waals surface area contributed by atoms with E-state index >= 15 is 0 Å². The number of ether oxygens (including phenoxy) is 2. The molecule has 29 heavy (non-hydrogen) atoms. The third-order valence-electron chi connectivity index (χ3n) is 5.40. The van der Waals surface area contributed by atoms with Gasteiger partial charge in [0.1, 0.15) is 13.2 Å². The molecule has 0 spiro atoms. The molecule has 4 nitrogen and oxygen atoms in total. The Morgan fingerprint density at radius 2 is 1.62 bits per heavy atom. The van der Waals surface area contributed by atoms with Crippen LogP contribution >= 0.6 is 0 Å². The number of carbonyl (C=O) groups excluding carboxylic acids is 1. The van der Waals surface area contributed by atoms with Crippen molar-refractivity contribution in [2.45, 2.75) is 26.4 Å². The van der Waals surface area contributed by atoms with E-state index in [0.29, 0.717) is 36.8 Å². The molecular weight excluding hydrogens is 362 g/mol. The van der Waals surface area contributed by atoms with E-state index in [-0.39, 0.29) is 11.9 Å². The largest absolute Gasteiger partial charge is 0.486 e. The molecular formula is C25H25NO3. The second kappa shape index (κ2) is 8.39. The second-order valence-electron chi connectivity index (χ2n) is 7.30. The second-order valence-corrected chi connectivity index (χ2v) is 7.30. The molecule has 0 N–H and O–H groups in total. The summed E-state index contributed by atoms with van der Waals surface area (Å²) in [5.41, 5.74) is 4.02. The molecule has 0 fully saturated rings. The van der Waals surface area contributed by atoms with Gasteiger partial charge in [-0.15, -0.1) is 0 Å². The molecule has 0 saturated carbocycles. The Kier molecular flexibility index (Phi) is 5.52. The fraction of sp³-hybridized carbons (Fsp3) is 0.240. The van der Waals surface area contributed by atoms with Crippen molar-refractivity contribution >= 4 is 5.91 Å². The Morgan fingerprint density at radius 3 is 2.38 bits per heavy atom. The summed E-state index contributed by atoms with van der Waals surface area (Å²) in [4.78, 5) is 15.5. The first kappa shape index (κ1) is 19.1. The first-order valence-corrected chi connectivity index (χ1v) is 9.93. The standard InChI is InChI=1S/C25H25NO3/c1-18-8-6-7-11-22(18)17-26(19(2)20-9-4-3-5-10-20)25(27)21-12-13-23-24(16-21)29-15-14-28-23/h3-13,16,19H,14-15,17H2,1-2H3. The van der Waals surface area contributed by atoms with Gasteiger partial charge >= 0.3 is 0 Å². The van der Waals surface area contributed by atoms with Crippen LogP contribution in [0.3, 0.4) is 0 Å². The Bertz CT molecular complexity index is 1000. The number of nitrogens with zero attached hydrogens (tertiary/aromatic N) is 1. The highest BCUT2D eigenvalue weighted by atomic mass is 16.6. The van der Waals surface area contributed by atoms with E-state index in [1.54, 1.807) is 6.07 Å². The van der Waals surface area contributed by atoms with E-state index in [1.807, 2.05) is 47.4 Å². The monoisotopic (exact) mass is 387 g/mol. The normalized spacial score (nSPS) is 13.6. The average Bonchev–Trinajstić information content (AvgIpc) is 2.78. The van der Waals surface area contributed by atoms with Crippen LogP contribution in [0.5, 0.6) is 11.5 Å². The summed E-state index contributed by atoms with van der Waals surface area (Å²) in [5.74, 6) is 1.29. The summed E-state index contributed by atoms with van der Waals surface area (Å²) in [6.07, 6.45) is 0. The molecule has 4 rings (SSSR count). The topological polar surface area (TPSA) is 38.8 Å². The van der Waals surface area contributed by atoms with Crippen LogP contribution < -0.4 is 9.47 Å². The lowest BCUT2D eigenvalue weighted by molar-refractivity contribution is 0.0672. The smallest absolute Gasteiger partial charge is 0.254 e. The highest BCUT2D eigenvalue weighted by Crippen LogP contribution is 2.32. The molecule has 0 aliphatic carbocycles. The van der Waals surface area contributed by atoms with Gasteiger partial charge in [-0.1, -0.05) is 54.6 Å². The zero-order valence-corrected chi connectivity index (χ0v) is 16.8. The molecule has 1 heterocycles. The van der Waals surface area contributed by atoms with Crippen molar-refractivity contribution in [2.24, 2.45) is 0 Å². The maximum Gasteiger partial charge on any atom is 0.254 e. The van der Waals surface area contributed by atoms with Crippen molar-refractivity contribution < 1.29 is 14.3 Å². The van der Waals surface area contributed by atoms with Crippen molar-refractivity contribution in [1.29, 1.82) is 0 Å². The maximum absolute atomic E-state index is 13.6. The highest BCUT2D eigenvalue weighted by molar-refractivity contribution is 5.95. The maximum atomic E-state index is 13.6. The molecule has 1 amide bonds. The summed E-state index contributed by atoms with van der Waals surface area (Å²) < 4.78 is 11.3. The molecule has 148 valence electrons. The van der Waals surface area contributed by atoms with Crippen LogP contribution in [0.4, 0.5) is 0 Å². The Labute approximate surface area is 171 Å². The van der Waals surface area contributed by atoms with Gasteiger partial charge in [-0.05, 0) is 48.7 Å². The van der Waals surface area contributed by atoms with Crippen LogP contribution in [0.15, 0.2) is 72.8 Å². The number of fused-ring (bicyclic) bond motifs is 1. The van der Waals surface area contributed by atoms with Gasteiger partial charge in [0.25, 0.3) is 5.91 Å². The lowest BCUT2D eigenvalue weighted by atomic mass is 10.0. The van der Waals surface area contributed by atoms with E-state index in [1.165, 1.54) is 5.56 Å². The molecule has 1 aliphatic rings. The van der Waals surface area contributed by atoms with E-state index in [0.717, 1.165) is 11.1 Å². The Morgan fingerprint density at radius 1 is 0.931 bits per heavy atom. The molecule has 0 aromatic heterocycles. The Balaban J connectivity index is 1.69. The number of hydrogen-bond donors (Lipinski definition) is 0. The van der Waals surface area contributed by atoms with Crippen molar-refractivity contribution in [2.75, 3.05) is 13.2 Å². The summed E-state index contributed by atoms with van der Waals surface area (Å²) in [5, 5.41) is 0. The zero-order valence-electron chi connectivity index (χ0n) is 16.8. The molecule has 0 radical (unpaired) electrons. The van der Waals surface area contributed by atoms with Crippen LogP contribution in [0, 0.1) is 6.92 Å². The number of rotatable bonds is 5. The number of carbonyl (C=O) groups is 1. The van der Waals surface area contributed by atoms with Crippen molar-refractivity contribution in [3.05, 3.63) is 95.1 Å². The van der Waals surface area contributed by atoms with Crippen LogP contribution in [-0.4, -0.2) is 24.0 Å². The fourth-order valence-electron chi connectivity index (χ4n) is 3.61. The van der Waals surface area contributed by atoms with Gasteiger partial charge in [0, 0.05) is 12.1 Å².